The van der Waals surface area contributed by atoms with Crippen LogP contribution in [0.3, 0.4) is 0 Å². The monoisotopic (exact) mass is 240 g/mol. The van der Waals surface area contributed by atoms with Crippen LogP contribution in [0.25, 0.3) is 0 Å². The van der Waals surface area contributed by atoms with Crippen molar-refractivity contribution in [2.45, 2.75) is 26.4 Å². The van der Waals surface area contributed by atoms with E-state index >= 15 is 0 Å². The minimum Gasteiger partial charge on any atom is -0.479 e. The number of ether oxygens (including phenoxy) is 1. The average molecular weight is 240 g/mol. The van der Waals surface area contributed by atoms with E-state index in [0.29, 0.717) is 12.2 Å². The number of hydrogen-bond donors (Lipinski definition) is 1. The topological polar surface area (TPSA) is 46.5 Å². The van der Waals surface area contributed by atoms with Gasteiger partial charge in [0, 0.05) is 0 Å². The Hall–Kier alpha value is -1.42. The molecule has 0 aromatic heterocycles. The number of halogens is 1. The van der Waals surface area contributed by atoms with E-state index in [-0.39, 0.29) is 5.92 Å². The zero-order valence-corrected chi connectivity index (χ0v) is 10.2. The fraction of sp³-hybridized carbons (Fsp3) is 0.462. The third-order valence-corrected chi connectivity index (χ3v) is 2.51. The molecule has 0 amide bonds. The summed E-state index contributed by atoms with van der Waals surface area (Å²) in [7, 11) is 0. The Bertz CT molecular complexity index is 386. The van der Waals surface area contributed by atoms with Gasteiger partial charge in [-0.1, -0.05) is 26.0 Å². The Morgan fingerprint density at radius 2 is 1.94 bits per heavy atom. The highest BCUT2D eigenvalue weighted by Crippen LogP contribution is 2.26. The molecule has 1 rings (SSSR count). The van der Waals surface area contributed by atoms with E-state index in [1.54, 1.807) is 0 Å². The quantitative estimate of drug-likeness (QED) is 0.860. The second-order valence-electron chi connectivity index (χ2n) is 4.55. The Morgan fingerprint density at radius 1 is 1.41 bits per heavy atom. The van der Waals surface area contributed by atoms with Crippen molar-refractivity contribution in [2.24, 2.45) is 5.92 Å². The summed E-state index contributed by atoms with van der Waals surface area (Å²) in [5.74, 6) is -1.25. The van der Waals surface area contributed by atoms with Crippen LogP contribution in [-0.2, 0) is 15.1 Å². The molecule has 1 atom stereocenters. The van der Waals surface area contributed by atoms with Gasteiger partial charge < -0.3 is 9.84 Å². The molecule has 3 nitrogen and oxygen atoms in total. The van der Waals surface area contributed by atoms with E-state index in [1.165, 1.54) is 31.2 Å². The molecule has 0 saturated carbocycles. The van der Waals surface area contributed by atoms with Crippen molar-refractivity contribution in [3.05, 3.63) is 35.6 Å². The summed E-state index contributed by atoms with van der Waals surface area (Å²) in [6, 6.07) is 5.33. The number of carbonyl (C=O) groups is 1. The molecule has 1 aromatic rings. The van der Waals surface area contributed by atoms with Crippen molar-refractivity contribution in [3.63, 3.8) is 0 Å². The lowest BCUT2D eigenvalue weighted by Crippen LogP contribution is -2.36. The van der Waals surface area contributed by atoms with Gasteiger partial charge in [0.15, 0.2) is 5.60 Å². The van der Waals surface area contributed by atoms with E-state index in [4.69, 9.17) is 4.74 Å². The number of hydrogen-bond acceptors (Lipinski definition) is 2. The summed E-state index contributed by atoms with van der Waals surface area (Å²) >= 11 is 0. The van der Waals surface area contributed by atoms with Crippen LogP contribution < -0.4 is 0 Å². The lowest BCUT2D eigenvalue weighted by atomic mass is 9.95. The molecule has 0 aliphatic carbocycles. The summed E-state index contributed by atoms with van der Waals surface area (Å²) in [6.07, 6.45) is 0. The minimum atomic E-state index is -1.43. The summed E-state index contributed by atoms with van der Waals surface area (Å²) in [5.41, 5.74) is -0.995. The maximum atomic E-state index is 12.8. The lowest BCUT2D eigenvalue weighted by molar-refractivity contribution is -0.166. The molecule has 0 spiro atoms. The van der Waals surface area contributed by atoms with Gasteiger partial charge in [-0.25, -0.2) is 9.18 Å². The van der Waals surface area contributed by atoms with Crippen molar-refractivity contribution in [3.8, 4) is 0 Å². The van der Waals surface area contributed by atoms with Gasteiger partial charge in [0.25, 0.3) is 0 Å². The second-order valence-corrected chi connectivity index (χ2v) is 4.55. The van der Waals surface area contributed by atoms with Crippen LogP contribution in [-0.4, -0.2) is 17.7 Å². The zero-order chi connectivity index (χ0) is 13.1. The minimum absolute atomic E-state index is 0.231. The van der Waals surface area contributed by atoms with Crippen LogP contribution in [0, 0.1) is 11.7 Å². The number of carboxylic acids is 1. The van der Waals surface area contributed by atoms with Crippen LogP contribution in [0.15, 0.2) is 24.3 Å². The largest absolute Gasteiger partial charge is 0.479 e. The first-order valence-electron chi connectivity index (χ1n) is 5.49. The highest BCUT2D eigenvalue weighted by atomic mass is 19.1. The van der Waals surface area contributed by atoms with Gasteiger partial charge in [-0.3, -0.25) is 0 Å². The van der Waals surface area contributed by atoms with E-state index in [0.717, 1.165) is 0 Å². The fourth-order valence-corrected chi connectivity index (χ4v) is 1.37. The normalized spacial score (nSPS) is 14.6. The molecule has 1 aromatic carbocycles. The third-order valence-electron chi connectivity index (χ3n) is 2.51. The highest BCUT2D eigenvalue weighted by Gasteiger charge is 2.36. The smallest absolute Gasteiger partial charge is 0.340 e. The molecule has 0 aliphatic rings. The zero-order valence-electron chi connectivity index (χ0n) is 10.2. The van der Waals surface area contributed by atoms with Gasteiger partial charge in [0.1, 0.15) is 5.82 Å². The van der Waals surface area contributed by atoms with Crippen LogP contribution in [0.4, 0.5) is 4.39 Å². The van der Waals surface area contributed by atoms with Crippen molar-refractivity contribution >= 4 is 5.97 Å². The summed E-state index contributed by atoms with van der Waals surface area (Å²) in [4.78, 5) is 11.3. The van der Waals surface area contributed by atoms with Crippen molar-refractivity contribution in [2.75, 3.05) is 6.61 Å². The van der Waals surface area contributed by atoms with Crippen molar-refractivity contribution in [1.82, 2.24) is 0 Å². The predicted octanol–water partition coefficient (Wildman–Crippen LogP) is 2.80. The number of rotatable bonds is 5. The molecule has 4 heteroatoms. The molecule has 0 heterocycles. The summed E-state index contributed by atoms with van der Waals surface area (Å²) in [5, 5.41) is 9.25. The maximum absolute atomic E-state index is 12.8. The predicted molar refractivity (Wildman–Crippen MR) is 62.2 cm³/mol. The Labute approximate surface area is 100 Å². The van der Waals surface area contributed by atoms with Crippen LogP contribution in [0.1, 0.15) is 26.3 Å². The molecule has 0 fully saturated rings. The van der Waals surface area contributed by atoms with Crippen LogP contribution >= 0.6 is 0 Å². The Morgan fingerprint density at radius 3 is 2.35 bits per heavy atom. The van der Waals surface area contributed by atoms with Crippen LogP contribution in [0.2, 0.25) is 0 Å². The Kier molecular flexibility index (Phi) is 4.23. The highest BCUT2D eigenvalue weighted by molar-refractivity contribution is 5.78. The van der Waals surface area contributed by atoms with Gasteiger partial charge in [0.05, 0.1) is 6.61 Å². The molecule has 0 aliphatic heterocycles. The summed E-state index contributed by atoms with van der Waals surface area (Å²) < 4.78 is 18.3. The number of carboxylic acid groups (broad SMARTS) is 1. The average Bonchev–Trinajstić information content (AvgIpc) is 2.26. The second kappa shape index (κ2) is 5.27. The molecule has 1 unspecified atom stereocenters. The molecule has 94 valence electrons. The Balaban J connectivity index is 2.98. The van der Waals surface area contributed by atoms with Gasteiger partial charge in [-0.15, -0.1) is 0 Å². The van der Waals surface area contributed by atoms with Crippen LogP contribution in [0.5, 0.6) is 0 Å². The van der Waals surface area contributed by atoms with E-state index in [1.807, 2.05) is 13.8 Å². The van der Waals surface area contributed by atoms with Gasteiger partial charge >= 0.3 is 5.97 Å². The molecular formula is C13H17FO3. The molecule has 1 N–H and O–H groups in total. The first kappa shape index (κ1) is 13.6. The van der Waals surface area contributed by atoms with Gasteiger partial charge in [0.2, 0.25) is 0 Å². The maximum Gasteiger partial charge on any atom is 0.340 e. The lowest BCUT2D eigenvalue weighted by Gasteiger charge is -2.26. The first-order chi connectivity index (χ1) is 7.86. The third kappa shape index (κ3) is 3.27. The van der Waals surface area contributed by atoms with Gasteiger partial charge in [-0.2, -0.15) is 0 Å². The number of benzene rings is 1. The molecule has 0 saturated heterocycles. The van der Waals surface area contributed by atoms with Gasteiger partial charge in [-0.05, 0) is 30.5 Å². The van der Waals surface area contributed by atoms with Crippen molar-refractivity contribution < 1.29 is 19.0 Å². The van der Waals surface area contributed by atoms with Crippen molar-refractivity contribution in [1.29, 1.82) is 0 Å². The SMILES string of the molecule is CC(C)COC(C)(C(=O)O)c1ccc(F)cc1. The molecule has 17 heavy (non-hydrogen) atoms. The molecule has 0 bridgehead atoms. The molecular weight excluding hydrogens is 223 g/mol. The summed E-state index contributed by atoms with van der Waals surface area (Å²) in [6.45, 7) is 5.69. The number of aliphatic carboxylic acids is 1. The molecule has 0 radical (unpaired) electrons. The fourth-order valence-electron chi connectivity index (χ4n) is 1.37. The van der Waals surface area contributed by atoms with E-state index in [9.17, 15) is 14.3 Å². The van der Waals surface area contributed by atoms with E-state index < -0.39 is 17.4 Å². The van der Waals surface area contributed by atoms with E-state index in [2.05, 4.69) is 0 Å². The first-order valence-corrected chi connectivity index (χ1v) is 5.49. The standard InChI is InChI=1S/C13H17FO3/c1-9(2)8-17-13(3,12(15)16)10-4-6-11(14)7-5-10/h4-7,9H,8H2,1-3H3,(H,15,16).